The Labute approximate surface area is 178 Å². The molecule has 0 radical (unpaired) electrons. The molecule has 3 aromatic rings. The van der Waals surface area contributed by atoms with Crippen molar-refractivity contribution in [2.45, 2.75) is 13.0 Å². The molecule has 0 saturated carbocycles. The zero-order valence-electron chi connectivity index (χ0n) is 16.2. The zero-order chi connectivity index (χ0) is 21.3. The second-order valence-corrected chi connectivity index (χ2v) is 7.42. The van der Waals surface area contributed by atoms with Gasteiger partial charge >= 0.3 is 5.97 Å². The maximum atomic E-state index is 12.8. The molecule has 150 valence electrons. The Hall–Kier alpha value is -3.44. The quantitative estimate of drug-likeness (QED) is 0.453. The van der Waals surface area contributed by atoms with E-state index in [4.69, 9.17) is 16.3 Å². The molecule has 0 N–H and O–H groups in total. The molecule has 0 unspecified atom stereocenters. The van der Waals surface area contributed by atoms with Gasteiger partial charge in [-0.05, 0) is 41.3 Å². The van der Waals surface area contributed by atoms with E-state index in [0.717, 1.165) is 5.56 Å². The first-order valence-corrected chi connectivity index (χ1v) is 9.76. The number of rotatable bonds is 5. The average molecular weight is 420 g/mol. The minimum absolute atomic E-state index is 0.295. The first-order valence-electron chi connectivity index (χ1n) is 9.38. The largest absolute Gasteiger partial charge is 0.465 e. The monoisotopic (exact) mass is 419 g/mol. The Morgan fingerprint density at radius 2 is 1.73 bits per heavy atom. The molecule has 0 bridgehead atoms. The van der Waals surface area contributed by atoms with Gasteiger partial charge in [-0.15, -0.1) is 0 Å². The third kappa shape index (κ3) is 3.60. The molecule has 1 aliphatic rings. The van der Waals surface area contributed by atoms with Crippen molar-refractivity contribution in [3.05, 3.63) is 99.6 Å². The van der Waals surface area contributed by atoms with E-state index in [2.05, 4.69) is 0 Å². The third-order valence-corrected chi connectivity index (χ3v) is 5.36. The van der Waals surface area contributed by atoms with E-state index in [1.807, 2.05) is 36.4 Å². The SMILES string of the molecule is COC(=O)c1cc(Cl)ccc1Cc1cccc2c1C(=O)C(=O)N2Cc1ccccc1. The maximum absolute atomic E-state index is 12.8. The molecular weight excluding hydrogens is 402 g/mol. The van der Waals surface area contributed by atoms with Crippen molar-refractivity contribution in [2.24, 2.45) is 0 Å². The Balaban J connectivity index is 1.73. The van der Waals surface area contributed by atoms with E-state index >= 15 is 0 Å². The van der Waals surface area contributed by atoms with Crippen molar-refractivity contribution in [3.63, 3.8) is 0 Å². The van der Waals surface area contributed by atoms with Crippen molar-refractivity contribution < 1.29 is 19.1 Å². The summed E-state index contributed by atoms with van der Waals surface area (Å²) in [6.45, 7) is 0.316. The lowest BCUT2D eigenvalue weighted by molar-refractivity contribution is -0.114. The molecule has 0 saturated heterocycles. The van der Waals surface area contributed by atoms with Crippen LogP contribution in [0.15, 0.2) is 66.7 Å². The highest BCUT2D eigenvalue weighted by Gasteiger charge is 2.37. The van der Waals surface area contributed by atoms with Crippen LogP contribution in [0.4, 0.5) is 5.69 Å². The molecule has 30 heavy (non-hydrogen) atoms. The van der Waals surface area contributed by atoms with E-state index in [0.29, 0.717) is 45.9 Å². The van der Waals surface area contributed by atoms with Crippen LogP contribution < -0.4 is 4.90 Å². The summed E-state index contributed by atoms with van der Waals surface area (Å²) in [5.74, 6) is -1.59. The number of ether oxygens (including phenoxy) is 1. The lowest BCUT2D eigenvalue weighted by Crippen LogP contribution is -2.29. The van der Waals surface area contributed by atoms with Gasteiger partial charge in [0.15, 0.2) is 0 Å². The second kappa shape index (κ2) is 8.13. The molecule has 6 heteroatoms. The van der Waals surface area contributed by atoms with Gasteiger partial charge in [-0.2, -0.15) is 0 Å². The number of hydrogen-bond acceptors (Lipinski definition) is 4. The summed E-state index contributed by atoms with van der Waals surface area (Å²) in [6, 6.07) is 19.8. The van der Waals surface area contributed by atoms with Crippen molar-refractivity contribution in [3.8, 4) is 0 Å². The molecular formula is C24H18ClNO4. The van der Waals surface area contributed by atoms with Crippen molar-refractivity contribution in [2.75, 3.05) is 12.0 Å². The number of ketones is 1. The van der Waals surface area contributed by atoms with Crippen LogP contribution in [-0.4, -0.2) is 24.8 Å². The molecule has 3 aromatic carbocycles. The fourth-order valence-electron chi connectivity index (χ4n) is 3.69. The molecule has 0 fully saturated rings. The number of nitrogens with zero attached hydrogens (tertiary/aromatic N) is 1. The lowest BCUT2D eigenvalue weighted by atomic mass is 9.94. The first kappa shape index (κ1) is 19.9. The molecule has 0 atom stereocenters. The summed E-state index contributed by atoms with van der Waals surface area (Å²) < 4.78 is 4.86. The fourth-order valence-corrected chi connectivity index (χ4v) is 3.86. The predicted octanol–water partition coefficient (Wildman–Crippen LogP) is 4.45. The number of benzene rings is 3. The van der Waals surface area contributed by atoms with Crippen LogP contribution in [0.5, 0.6) is 0 Å². The number of methoxy groups -OCH3 is 1. The number of hydrogen-bond donors (Lipinski definition) is 0. The molecule has 1 heterocycles. The van der Waals surface area contributed by atoms with Crippen LogP contribution in [0, 0.1) is 0 Å². The smallest absolute Gasteiger partial charge is 0.338 e. The van der Waals surface area contributed by atoms with Gasteiger partial charge < -0.3 is 9.64 Å². The Kier molecular flexibility index (Phi) is 5.38. The summed E-state index contributed by atoms with van der Waals surface area (Å²) in [6.07, 6.45) is 0.295. The number of anilines is 1. The normalized spacial score (nSPS) is 12.8. The number of halogens is 1. The summed E-state index contributed by atoms with van der Waals surface area (Å²) >= 11 is 6.04. The Morgan fingerprint density at radius 3 is 2.47 bits per heavy atom. The van der Waals surface area contributed by atoms with Crippen LogP contribution >= 0.6 is 11.6 Å². The van der Waals surface area contributed by atoms with Crippen molar-refractivity contribution in [1.82, 2.24) is 0 Å². The van der Waals surface area contributed by atoms with Gasteiger partial charge in [-0.3, -0.25) is 9.59 Å². The Morgan fingerprint density at radius 1 is 0.967 bits per heavy atom. The third-order valence-electron chi connectivity index (χ3n) is 5.13. The van der Waals surface area contributed by atoms with Gasteiger partial charge in [0.1, 0.15) is 0 Å². The van der Waals surface area contributed by atoms with Crippen molar-refractivity contribution >= 4 is 34.9 Å². The van der Waals surface area contributed by atoms with Gasteiger partial charge in [0, 0.05) is 5.02 Å². The molecule has 0 spiro atoms. The molecule has 0 aromatic heterocycles. The number of esters is 1. The highest BCUT2D eigenvalue weighted by Crippen LogP contribution is 2.34. The highest BCUT2D eigenvalue weighted by atomic mass is 35.5. The fraction of sp³-hybridized carbons (Fsp3) is 0.125. The van der Waals surface area contributed by atoms with Gasteiger partial charge in [0.05, 0.1) is 30.5 Å². The number of amides is 1. The summed E-state index contributed by atoms with van der Waals surface area (Å²) in [5.41, 5.74) is 3.57. The van der Waals surface area contributed by atoms with Gasteiger partial charge in [-0.25, -0.2) is 4.79 Å². The Bertz CT molecular complexity index is 1160. The van der Waals surface area contributed by atoms with Crippen LogP contribution in [0.2, 0.25) is 5.02 Å². The number of carbonyl (C=O) groups excluding carboxylic acids is 3. The predicted molar refractivity (Wildman–Crippen MR) is 114 cm³/mol. The highest BCUT2D eigenvalue weighted by molar-refractivity contribution is 6.52. The van der Waals surface area contributed by atoms with E-state index in [-0.39, 0.29) is 0 Å². The minimum Gasteiger partial charge on any atom is -0.465 e. The number of Topliss-reactive ketones (excluding diaryl/α,β-unsaturated/α-hetero) is 1. The second-order valence-electron chi connectivity index (χ2n) is 6.99. The molecule has 4 rings (SSSR count). The standard InChI is InChI=1S/C24H18ClNO4/c1-30-24(29)19-13-18(25)11-10-16(19)12-17-8-5-9-20-21(17)22(27)23(28)26(20)14-15-6-3-2-4-7-15/h2-11,13H,12,14H2,1H3. The van der Waals surface area contributed by atoms with Crippen LogP contribution in [0.3, 0.4) is 0 Å². The average Bonchev–Trinajstić information content (AvgIpc) is 3.00. The van der Waals surface area contributed by atoms with Crippen LogP contribution in [0.25, 0.3) is 0 Å². The van der Waals surface area contributed by atoms with E-state index in [1.165, 1.54) is 12.0 Å². The van der Waals surface area contributed by atoms with Crippen molar-refractivity contribution in [1.29, 1.82) is 0 Å². The van der Waals surface area contributed by atoms with Gasteiger partial charge in [0.25, 0.3) is 11.7 Å². The van der Waals surface area contributed by atoms with E-state index in [1.54, 1.807) is 30.3 Å². The topological polar surface area (TPSA) is 63.7 Å². The first-order chi connectivity index (χ1) is 14.5. The molecule has 1 amide bonds. The molecule has 5 nitrogen and oxygen atoms in total. The van der Waals surface area contributed by atoms with Crippen LogP contribution in [0.1, 0.15) is 37.4 Å². The van der Waals surface area contributed by atoms with E-state index < -0.39 is 17.7 Å². The van der Waals surface area contributed by atoms with Crippen LogP contribution in [-0.2, 0) is 22.5 Å². The molecule has 0 aliphatic carbocycles. The number of carbonyl (C=O) groups is 3. The number of fused-ring (bicyclic) bond motifs is 1. The molecule has 1 aliphatic heterocycles. The summed E-state index contributed by atoms with van der Waals surface area (Å²) in [4.78, 5) is 39.2. The summed E-state index contributed by atoms with van der Waals surface area (Å²) in [5, 5.41) is 0.415. The zero-order valence-corrected chi connectivity index (χ0v) is 17.0. The van der Waals surface area contributed by atoms with Gasteiger partial charge in [-0.1, -0.05) is 60.1 Å². The lowest BCUT2D eigenvalue weighted by Gasteiger charge is -2.17. The van der Waals surface area contributed by atoms with E-state index in [9.17, 15) is 14.4 Å². The minimum atomic E-state index is -0.550. The summed E-state index contributed by atoms with van der Waals surface area (Å²) in [7, 11) is 1.30. The maximum Gasteiger partial charge on any atom is 0.338 e. The van der Waals surface area contributed by atoms with Gasteiger partial charge in [0.2, 0.25) is 0 Å².